The smallest absolute Gasteiger partial charge is 0.254 e. The van der Waals surface area contributed by atoms with Gasteiger partial charge in [-0.1, -0.05) is 41.9 Å². The summed E-state index contributed by atoms with van der Waals surface area (Å²) in [7, 11) is 0. The zero-order valence-electron chi connectivity index (χ0n) is 14.6. The summed E-state index contributed by atoms with van der Waals surface area (Å²) in [5.74, 6) is 0.199. The van der Waals surface area contributed by atoms with E-state index in [9.17, 15) is 4.79 Å². The molecule has 3 aromatic rings. The molecule has 0 unspecified atom stereocenters. The Morgan fingerprint density at radius 1 is 1.04 bits per heavy atom. The quantitative estimate of drug-likeness (QED) is 0.701. The van der Waals surface area contributed by atoms with Crippen LogP contribution in [-0.4, -0.2) is 15.9 Å². The molecule has 26 heavy (non-hydrogen) atoms. The van der Waals surface area contributed by atoms with Crippen LogP contribution in [0.1, 0.15) is 27.0 Å². The molecule has 0 saturated carbocycles. The molecule has 6 heteroatoms. The van der Waals surface area contributed by atoms with Gasteiger partial charge in [0.15, 0.2) is 0 Å². The molecule has 0 fully saturated rings. The van der Waals surface area contributed by atoms with Crippen molar-refractivity contribution in [3.63, 3.8) is 0 Å². The van der Waals surface area contributed by atoms with Gasteiger partial charge in [-0.25, -0.2) is 9.97 Å². The molecule has 0 saturated heterocycles. The molecule has 0 bridgehead atoms. The molecule has 0 atom stereocenters. The molecule has 0 aliphatic heterocycles. The van der Waals surface area contributed by atoms with Crippen LogP contribution in [0.3, 0.4) is 0 Å². The van der Waals surface area contributed by atoms with Gasteiger partial charge in [0.25, 0.3) is 5.91 Å². The molecular formula is C20H19ClN4O. The normalized spacial score (nSPS) is 10.4. The maximum Gasteiger partial charge on any atom is 0.254 e. The molecule has 0 spiro atoms. The van der Waals surface area contributed by atoms with Crippen LogP contribution in [0.25, 0.3) is 0 Å². The molecule has 1 aromatic heterocycles. The molecule has 132 valence electrons. The Bertz CT molecular complexity index is 925. The number of nitrogens with zero attached hydrogens (tertiary/aromatic N) is 2. The van der Waals surface area contributed by atoms with Gasteiger partial charge in [0.1, 0.15) is 0 Å². The lowest BCUT2D eigenvalue weighted by Crippen LogP contribution is -2.23. The third kappa shape index (κ3) is 4.18. The van der Waals surface area contributed by atoms with Gasteiger partial charge in [-0.2, -0.15) is 0 Å². The van der Waals surface area contributed by atoms with E-state index in [1.54, 1.807) is 6.07 Å². The van der Waals surface area contributed by atoms with Crippen molar-refractivity contribution >= 4 is 29.1 Å². The Morgan fingerprint density at radius 3 is 2.50 bits per heavy atom. The van der Waals surface area contributed by atoms with Crippen LogP contribution in [-0.2, 0) is 6.54 Å². The van der Waals surface area contributed by atoms with Crippen molar-refractivity contribution in [1.29, 1.82) is 0 Å². The van der Waals surface area contributed by atoms with Crippen LogP contribution in [0.15, 0.2) is 54.9 Å². The molecule has 0 radical (unpaired) electrons. The fraction of sp³-hybridized carbons (Fsp3) is 0.150. The summed E-state index contributed by atoms with van der Waals surface area (Å²) in [5.41, 5.74) is 4.52. The number of carbonyl (C=O) groups is 1. The average Bonchev–Trinajstić information content (AvgIpc) is 2.65. The molecule has 0 aliphatic carbocycles. The van der Waals surface area contributed by atoms with Crippen molar-refractivity contribution in [3.8, 4) is 0 Å². The predicted octanol–water partition coefficient (Wildman–Crippen LogP) is 4.42. The van der Waals surface area contributed by atoms with E-state index < -0.39 is 0 Å². The van der Waals surface area contributed by atoms with Crippen LogP contribution in [0.5, 0.6) is 0 Å². The number of aryl methyl sites for hydroxylation is 1. The van der Waals surface area contributed by atoms with Crippen molar-refractivity contribution in [2.75, 3.05) is 5.32 Å². The third-order valence-electron chi connectivity index (χ3n) is 4.16. The second kappa shape index (κ2) is 7.97. The van der Waals surface area contributed by atoms with E-state index in [2.05, 4.69) is 20.6 Å². The van der Waals surface area contributed by atoms with Gasteiger partial charge >= 0.3 is 0 Å². The number of aromatic nitrogens is 2. The minimum absolute atomic E-state index is 0.247. The van der Waals surface area contributed by atoms with Crippen LogP contribution in [0.4, 0.5) is 11.6 Å². The number of nitrogens with one attached hydrogen (secondary N) is 2. The number of benzene rings is 2. The SMILES string of the molecule is Cc1cccc(Nc2ncc(C(=O)NCc3ccccc3Cl)cn2)c1C. The number of carbonyl (C=O) groups excluding carboxylic acids is 1. The molecule has 2 N–H and O–H groups in total. The molecule has 0 aliphatic rings. The Labute approximate surface area is 157 Å². The number of anilines is 2. The molecule has 1 heterocycles. The summed E-state index contributed by atoms with van der Waals surface area (Å²) < 4.78 is 0. The first-order chi connectivity index (χ1) is 12.5. The first-order valence-electron chi connectivity index (χ1n) is 8.21. The second-order valence-corrected chi connectivity index (χ2v) is 6.35. The molecular weight excluding hydrogens is 348 g/mol. The summed E-state index contributed by atoms with van der Waals surface area (Å²) in [6.07, 6.45) is 3.00. The van der Waals surface area contributed by atoms with Crippen molar-refractivity contribution in [2.24, 2.45) is 0 Å². The highest BCUT2D eigenvalue weighted by Gasteiger charge is 2.09. The van der Waals surface area contributed by atoms with Crippen molar-refractivity contribution < 1.29 is 4.79 Å². The first kappa shape index (κ1) is 17.9. The third-order valence-corrected chi connectivity index (χ3v) is 4.53. The average molecular weight is 367 g/mol. The zero-order valence-corrected chi connectivity index (χ0v) is 15.3. The lowest BCUT2D eigenvalue weighted by atomic mass is 10.1. The summed E-state index contributed by atoms with van der Waals surface area (Å²) in [4.78, 5) is 20.7. The fourth-order valence-electron chi connectivity index (χ4n) is 2.44. The van der Waals surface area contributed by atoms with Crippen molar-refractivity contribution in [2.45, 2.75) is 20.4 Å². The summed E-state index contributed by atoms with van der Waals surface area (Å²) >= 11 is 6.09. The van der Waals surface area contributed by atoms with Crippen LogP contribution in [0.2, 0.25) is 5.02 Å². The maximum atomic E-state index is 12.2. The number of hydrogen-bond donors (Lipinski definition) is 2. The van der Waals surface area contributed by atoms with Gasteiger partial charge in [-0.3, -0.25) is 4.79 Å². The predicted molar refractivity (Wildman–Crippen MR) is 104 cm³/mol. The monoisotopic (exact) mass is 366 g/mol. The van der Waals surface area contributed by atoms with E-state index in [0.717, 1.165) is 16.8 Å². The van der Waals surface area contributed by atoms with E-state index >= 15 is 0 Å². The van der Waals surface area contributed by atoms with E-state index in [4.69, 9.17) is 11.6 Å². The van der Waals surface area contributed by atoms with Gasteiger partial charge in [0.05, 0.1) is 5.56 Å². The van der Waals surface area contributed by atoms with Crippen molar-refractivity contribution in [3.05, 3.63) is 82.1 Å². The number of halogens is 1. The van der Waals surface area contributed by atoms with Gasteiger partial charge in [-0.15, -0.1) is 0 Å². The number of amides is 1. The fourth-order valence-corrected chi connectivity index (χ4v) is 2.64. The standard InChI is InChI=1S/C20H19ClN4O/c1-13-6-5-9-18(14(13)2)25-20-23-11-16(12-24-20)19(26)22-10-15-7-3-4-8-17(15)21/h3-9,11-12H,10H2,1-2H3,(H,22,26)(H,23,24,25). The van der Waals surface area contributed by atoms with Crippen LogP contribution in [0, 0.1) is 13.8 Å². The van der Waals surface area contributed by atoms with Gasteiger partial charge < -0.3 is 10.6 Å². The van der Waals surface area contributed by atoms with E-state index in [0.29, 0.717) is 23.1 Å². The van der Waals surface area contributed by atoms with Crippen molar-refractivity contribution in [1.82, 2.24) is 15.3 Å². The lowest BCUT2D eigenvalue weighted by molar-refractivity contribution is 0.0950. The zero-order chi connectivity index (χ0) is 18.5. The van der Waals surface area contributed by atoms with Gasteiger partial charge in [0, 0.05) is 29.6 Å². The summed E-state index contributed by atoms with van der Waals surface area (Å²) in [6.45, 7) is 4.43. The first-order valence-corrected chi connectivity index (χ1v) is 8.59. The molecule has 5 nitrogen and oxygen atoms in total. The maximum absolute atomic E-state index is 12.2. The highest BCUT2D eigenvalue weighted by atomic mass is 35.5. The Hall–Kier alpha value is -2.92. The van der Waals surface area contributed by atoms with E-state index in [1.165, 1.54) is 18.0 Å². The van der Waals surface area contributed by atoms with E-state index in [1.807, 2.05) is 50.2 Å². The second-order valence-electron chi connectivity index (χ2n) is 5.94. The lowest BCUT2D eigenvalue weighted by Gasteiger charge is -2.10. The van der Waals surface area contributed by atoms with E-state index in [-0.39, 0.29) is 5.91 Å². The minimum Gasteiger partial charge on any atom is -0.348 e. The molecule has 3 rings (SSSR count). The highest BCUT2D eigenvalue weighted by molar-refractivity contribution is 6.31. The summed E-state index contributed by atoms with van der Waals surface area (Å²) in [5, 5.41) is 6.61. The number of rotatable bonds is 5. The minimum atomic E-state index is -0.247. The van der Waals surface area contributed by atoms with Gasteiger partial charge in [-0.05, 0) is 42.7 Å². The molecule has 2 aromatic carbocycles. The summed E-state index contributed by atoms with van der Waals surface area (Å²) in [6, 6.07) is 13.4. The Morgan fingerprint density at radius 2 is 1.77 bits per heavy atom. The number of hydrogen-bond acceptors (Lipinski definition) is 4. The van der Waals surface area contributed by atoms with Crippen LogP contribution < -0.4 is 10.6 Å². The molecule has 1 amide bonds. The van der Waals surface area contributed by atoms with Gasteiger partial charge in [0.2, 0.25) is 5.95 Å². The Kier molecular flexibility index (Phi) is 5.49. The topological polar surface area (TPSA) is 66.9 Å². The highest BCUT2D eigenvalue weighted by Crippen LogP contribution is 2.20. The van der Waals surface area contributed by atoms with Crippen LogP contribution >= 0.6 is 11.6 Å². The largest absolute Gasteiger partial charge is 0.348 e. The Balaban J connectivity index is 1.64.